The Morgan fingerprint density at radius 1 is 0.895 bits per heavy atom. The Morgan fingerprint density at radius 2 is 1.42 bits per heavy atom. The molecule has 0 aromatic heterocycles. The third-order valence-corrected chi connectivity index (χ3v) is 2.50. The van der Waals surface area contributed by atoms with Gasteiger partial charge in [-0.25, -0.2) is 14.9 Å². The van der Waals surface area contributed by atoms with Crippen molar-refractivity contribution in [2.45, 2.75) is 0 Å². The van der Waals surface area contributed by atoms with Gasteiger partial charge in [-0.05, 0) is 0 Å². The van der Waals surface area contributed by atoms with Crippen molar-refractivity contribution in [2.75, 3.05) is 45.9 Å². The van der Waals surface area contributed by atoms with Gasteiger partial charge in [-0.2, -0.15) is 0 Å². The van der Waals surface area contributed by atoms with Crippen molar-refractivity contribution in [1.29, 1.82) is 0 Å². The molecule has 0 bridgehead atoms. The fourth-order valence-electron chi connectivity index (χ4n) is 1.73. The average Bonchev–Trinajstić information content (AvgIpc) is 2.22. The lowest BCUT2D eigenvalue weighted by Crippen LogP contribution is -2.57. The third kappa shape index (κ3) is 8.08. The highest BCUT2D eigenvalue weighted by atomic mass is 16.4. The molecule has 0 saturated carbocycles. The van der Waals surface area contributed by atoms with E-state index in [0.717, 1.165) is 0 Å². The Balaban J connectivity index is 4.63. The van der Waals surface area contributed by atoms with Gasteiger partial charge >= 0.3 is 17.9 Å². The Morgan fingerprint density at radius 3 is 1.79 bits per heavy atom. The number of aliphatic carboxylic acids is 3. The van der Waals surface area contributed by atoms with Crippen LogP contribution in [0.3, 0.4) is 0 Å². The van der Waals surface area contributed by atoms with E-state index in [-0.39, 0.29) is 30.7 Å². The first-order valence-electron chi connectivity index (χ1n) is 5.56. The van der Waals surface area contributed by atoms with Crippen LogP contribution in [0.25, 0.3) is 0 Å². The van der Waals surface area contributed by atoms with Gasteiger partial charge in [0.25, 0.3) is 0 Å². The molecule has 0 aromatic carbocycles. The molecule has 19 heavy (non-hydrogen) atoms. The number of nitrogens with zero attached hydrogens (tertiary/aromatic N) is 2. The van der Waals surface area contributed by atoms with Crippen LogP contribution in [0, 0.1) is 0 Å². The number of aliphatic hydroxyl groups is 1. The van der Waals surface area contributed by atoms with Crippen molar-refractivity contribution < 1.29 is 39.3 Å². The monoisotopic (exact) mass is 278 g/mol. The predicted molar refractivity (Wildman–Crippen MR) is 61.6 cm³/mol. The molecule has 0 spiro atoms. The lowest BCUT2D eigenvalue weighted by atomic mass is 10.3. The predicted octanol–water partition coefficient (Wildman–Crippen LogP) is -2.35. The minimum absolute atomic E-state index is 0.0207. The van der Waals surface area contributed by atoms with Crippen LogP contribution in [0.1, 0.15) is 0 Å². The lowest BCUT2D eigenvalue weighted by Gasteiger charge is -2.35. The minimum Gasteiger partial charge on any atom is -0.480 e. The largest absolute Gasteiger partial charge is 0.480 e. The van der Waals surface area contributed by atoms with Gasteiger partial charge in [-0.1, -0.05) is 0 Å². The van der Waals surface area contributed by atoms with E-state index in [0.29, 0.717) is 0 Å². The zero-order chi connectivity index (χ0) is 14.9. The summed E-state index contributed by atoms with van der Waals surface area (Å²) in [7, 11) is 0. The molecule has 0 aliphatic rings. The zero-order valence-corrected chi connectivity index (χ0v) is 10.4. The van der Waals surface area contributed by atoms with E-state index in [4.69, 9.17) is 20.4 Å². The van der Waals surface area contributed by atoms with Crippen LogP contribution >= 0.6 is 0 Å². The Labute approximate surface area is 109 Å². The summed E-state index contributed by atoms with van der Waals surface area (Å²) in [5, 5.41) is 38.7. The van der Waals surface area contributed by atoms with E-state index in [1.54, 1.807) is 0 Å². The maximum Gasteiger partial charge on any atom is 0.359 e. The number of rotatable bonds is 11. The van der Waals surface area contributed by atoms with Crippen molar-refractivity contribution in [3.8, 4) is 0 Å². The van der Waals surface area contributed by atoms with Gasteiger partial charge < -0.3 is 24.9 Å². The molecule has 0 fully saturated rings. The second-order valence-electron chi connectivity index (χ2n) is 4.12. The molecule has 0 saturated heterocycles. The highest BCUT2D eigenvalue weighted by Gasteiger charge is 2.32. The summed E-state index contributed by atoms with van der Waals surface area (Å²) in [4.78, 5) is 31.9. The number of aliphatic hydroxyl groups excluding tert-OH is 1. The van der Waals surface area contributed by atoms with Crippen molar-refractivity contribution >= 4 is 17.9 Å². The number of quaternary nitrogens is 1. The quantitative estimate of drug-likeness (QED) is 0.244. The van der Waals surface area contributed by atoms with Crippen LogP contribution in [0.5, 0.6) is 0 Å². The van der Waals surface area contributed by atoms with Gasteiger partial charge in [0.15, 0.2) is 13.1 Å². The van der Waals surface area contributed by atoms with Crippen LogP contribution in [-0.4, -0.2) is 88.7 Å². The van der Waals surface area contributed by atoms with Crippen LogP contribution in [0.2, 0.25) is 0 Å². The maximum atomic E-state index is 10.8. The van der Waals surface area contributed by atoms with E-state index < -0.39 is 37.5 Å². The van der Waals surface area contributed by atoms with Crippen LogP contribution in [0.4, 0.5) is 0 Å². The summed E-state index contributed by atoms with van der Waals surface area (Å²) < 4.78 is -0.371. The summed E-state index contributed by atoms with van der Waals surface area (Å²) in [6, 6.07) is 0. The molecular weight excluding hydrogens is 260 g/mol. The first kappa shape index (κ1) is 17.3. The number of carbonyl (C=O) groups is 3. The molecule has 0 aliphatic carbocycles. The van der Waals surface area contributed by atoms with Crippen LogP contribution in [-0.2, 0) is 14.4 Å². The Hall–Kier alpha value is -1.71. The number of carboxylic acids is 3. The molecule has 0 aromatic rings. The summed E-state index contributed by atoms with van der Waals surface area (Å²) in [5.41, 5.74) is 0. The van der Waals surface area contributed by atoms with Gasteiger partial charge in [0.1, 0.15) is 13.1 Å². The van der Waals surface area contributed by atoms with Gasteiger partial charge in [0.05, 0.1) is 19.7 Å². The lowest BCUT2D eigenvalue weighted by molar-refractivity contribution is -0.913. The Bertz CT molecular complexity index is 316. The molecule has 1 radical (unpaired) electrons. The molecule has 0 aliphatic heterocycles. The van der Waals surface area contributed by atoms with E-state index in [1.807, 2.05) is 0 Å². The summed E-state index contributed by atoms with van der Waals surface area (Å²) in [5.74, 6) is -3.49. The number of hydrogen-bond acceptors (Lipinski definition) is 4. The molecule has 9 heteroatoms. The summed E-state index contributed by atoms with van der Waals surface area (Å²) in [6.45, 7) is -1.68. The SMILES string of the molecule is O=C(O)C[N]CC[N+](CCO)(CC(=O)O)CC(=O)O. The highest BCUT2D eigenvalue weighted by molar-refractivity contribution is 5.70. The van der Waals surface area contributed by atoms with Gasteiger partial charge in [-0.15, -0.1) is 0 Å². The molecule has 0 atom stereocenters. The number of hydrogen-bond donors (Lipinski definition) is 4. The number of carboxylic acid groups (broad SMARTS) is 3. The highest BCUT2D eigenvalue weighted by Crippen LogP contribution is 2.06. The van der Waals surface area contributed by atoms with E-state index >= 15 is 0 Å². The summed E-state index contributed by atoms with van der Waals surface area (Å²) >= 11 is 0. The van der Waals surface area contributed by atoms with Crippen molar-refractivity contribution in [3.05, 3.63) is 0 Å². The maximum absolute atomic E-state index is 10.8. The van der Waals surface area contributed by atoms with Crippen molar-refractivity contribution in [2.24, 2.45) is 0 Å². The standard InChI is InChI=1S/C10H17N2O7/c13-4-3-12(6-9(16)17,7-10(18)19)2-1-11-5-8(14)15/h13H,1-7H2,(H2-,14,15,16,17,18,19)/p+1. The van der Waals surface area contributed by atoms with E-state index in [9.17, 15) is 14.4 Å². The van der Waals surface area contributed by atoms with Gasteiger partial charge in [0.2, 0.25) is 0 Å². The van der Waals surface area contributed by atoms with E-state index in [1.165, 1.54) is 0 Å². The molecule has 0 amide bonds. The normalized spacial score (nSPS) is 11.2. The second kappa shape index (κ2) is 8.40. The fourth-order valence-corrected chi connectivity index (χ4v) is 1.73. The van der Waals surface area contributed by atoms with Crippen molar-refractivity contribution in [3.63, 3.8) is 0 Å². The van der Waals surface area contributed by atoms with Gasteiger partial charge in [0, 0.05) is 0 Å². The second-order valence-corrected chi connectivity index (χ2v) is 4.12. The molecule has 0 rings (SSSR count). The molecule has 109 valence electrons. The summed E-state index contributed by atoms with van der Waals surface area (Å²) in [6.07, 6.45) is 0. The fraction of sp³-hybridized carbons (Fsp3) is 0.700. The first-order chi connectivity index (χ1) is 8.81. The van der Waals surface area contributed by atoms with Crippen LogP contribution < -0.4 is 5.32 Å². The Kier molecular flexibility index (Phi) is 7.65. The zero-order valence-electron chi connectivity index (χ0n) is 10.4. The topological polar surface area (TPSA) is 146 Å². The molecule has 4 N–H and O–H groups in total. The smallest absolute Gasteiger partial charge is 0.359 e. The average molecular weight is 278 g/mol. The van der Waals surface area contributed by atoms with Crippen molar-refractivity contribution in [1.82, 2.24) is 5.32 Å². The first-order valence-corrected chi connectivity index (χ1v) is 5.56. The molecular formula is C10H18N2O7+. The molecule has 9 nitrogen and oxygen atoms in total. The minimum atomic E-state index is -1.19. The molecule has 0 heterocycles. The molecule has 0 unspecified atom stereocenters. The van der Waals surface area contributed by atoms with Gasteiger partial charge in [-0.3, -0.25) is 4.79 Å². The van der Waals surface area contributed by atoms with E-state index in [2.05, 4.69) is 5.32 Å². The van der Waals surface area contributed by atoms with Crippen LogP contribution in [0.15, 0.2) is 0 Å². The third-order valence-electron chi connectivity index (χ3n) is 2.50.